The third kappa shape index (κ3) is 4.68. The number of para-hydroxylation sites is 4. The summed E-state index contributed by atoms with van der Waals surface area (Å²) in [6.07, 6.45) is 0. The zero-order valence-corrected chi connectivity index (χ0v) is 30.3. The molecule has 0 atom stereocenters. The first-order chi connectivity index (χ1) is 28.1. The lowest BCUT2D eigenvalue weighted by Gasteiger charge is -2.16. The first-order valence-electron chi connectivity index (χ1n) is 18.6. The van der Waals surface area contributed by atoms with Crippen molar-refractivity contribution in [2.45, 2.75) is 0 Å². The highest BCUT2D eigenvalue weighted by Gasteiger charge is 2.20. The largest absolute Gasteiger partial charge is 0.319 e. The van der Waals surface area contributed by atoms with Crippen LogP contribution in [0.1, 0.15) is 5.56 Å². The highest BCUT2D eigenvalue weighted by Crippen LogP contribution is 2.42. The van der Waals surface area contributed by atoms with Gasteiger partial charge in [-0.1, -0.05) is 84.9 Å². The molecule has 0 fully saturated rings. The van der Waals surface area contributed by atoms with Crippen LogP contribution in [0.15, 0.2) is 170 Å². The number of fused-ring (bicyclic) bond motifs is 9. The van der Waals surface area contributed by atoms with Crippen molar-refractivity contribution >= 4 is 76.8 Å². The van der Waals surface area contributed by atoms with E-state index in [-0.39, 0.29) is 0 Å². The van der Waals surface area contributed by atoms with E-state index in [0.29, 0.717) is 16.9 Å². The smallest absolute Gasteiger partial charge is 0.211 e. The number of benzene rings is 8. The molecule has 57 heavy (non-hydrogen) atoms. The first kappa shape index (κ1) is 32.1. The molecule has 0 unspecified atom stereocenters. The van der Waals surface area contributed by atoms with Gasteiger partial charge in [0.1, 0.15) is 0 Å². The lowest BCUT2D eigenvalue weighted by molar-refractivity contribution is 1.16. The minimum Gasteiger partial charge on any atom is -0.319 e. The van der Waals surface area contributed by atoms with E-state index in [1.54, 1.807) is 0 Å². The molecule has 0 saturated carbocycles. The van der Waals surface area contributed by atoms with Gasteiger partial charge < -0.3 is 13.7 Å². The normalized spacial score (nSPS) is 11.5. The standard InChI is InChI=1S/C51H28N6/c1-53-34-21-25-49-41(29-34)42-30-35(55-45-16-8-6-14-39(45)40-27-32(31-52)19-23-48(40)55)22-26-50(42)56(49)44-15-7-3-11-36(44)33-20-24-51(43(28-33)54-2)57-46-17-9-4-12-37(46)38-13-5-10-18-47(38)57/h3-30H. The first-order valence-corrected chi connectivity index (χ1v) is 18.6. The van der Waals surface area contributed by atoms with Crippen molar-refractivity contribution in [3.63, 3.8) is 0 Å². The Morgan fingerprint density at radius 3 is 1.67 bits per heavy atom. The van der Waals surface area contributed by atoms with E-state index in [4.69, 9.17) is 13.1 Å². The van der Waals surface area contributed by atoms with Crippen LogP contribution in [0, 0.1) is 24.5 Å². The highest BCUT2D eigenvalue weighted by molar-refractivity contribution is 6.14. The van der Waals surface area contributed by atoms with Gasteiger partial charge in [0.25, 0.3) is 0 Å². The van der Waals surface area contributed by atoms with Crippen LogP contribution in [0.3, 0.4) is 0 Å². The second-order valence-corrected chi connectivity index (χ2v) is 14.2. The molecule has 3 aromatic heterocycles. The van der Waals surface area contributed by atoms with Gasteiger partial charge in [0.2, 0.25) is 5.69 Å². The third-order valence-corrected chi connectivity index (χ3v) is 11.3. The number of hydrogen-bond donors (Lipinski definition) is 0. The zero-order valence-electron chi connectivity index (χ0n) is 30.3. The van der Waals surface area contributed by atoms with Gasteiger partial charge in [0, 0.05) is 38.2 Å². The Bertz CT molecular complexity index is 3580. The molecule has 0 radical (unpaired) electrons. The number of nitrogens with zero attached hydrogens (tertiary/aromatic N) is 6. The van der Waals surface area contributed by atoms with Crippen molar-refractivity contribution in [1.29, 1.82) is 5.26 Å². The van der Waals surface area contributed by atoms with Crippen molar-refractivity contribution in [2.75, 3.05) is 0 Å². The molecule has 0 saturated heterocycles. The van der Waals surface area contributed by atoms with E-state index in [0.717, 1.165) is 93.6 Å². The van der Waals surface area contributed by atoms with E-state index in [9.17, 15) is 5.26 Å². The molecule has 0 N–H and O–H groups in total. The summed E-state index contributed by atoms with van der Waals surface area (Å²) in [7, 11) is 0. The molecule has 8 aromatic carbocycles. The monoisotopic (exact) mass is 724 g/mol. The molecule has 262 valence electrons. The van der Waals surface area contributed by atoms with Gasteiger partial charge in [-0.2, -0.15) is 5.26 Å². The van der Waals surface area contributed by atoms with Crippen LogP contribution in [0.4, 0.5) is 11.4 Å². The maximum atomic E-state index is 9.70. The molecule has 11 aromatic rings. The lowest BCUT2D eigenvalue weighted by Crippen LogP contribution is -1.99. The predicted molar refractivity (Wildman–Crippen MR) is 232 cm³/mol. The van der Waals surface area contributed by atoms with Crippen molar-refractivity contribution in [2.24, 2.45) is 0 Å². The summed E-state index contributed by atoms with van der Waals surface area (Å²) in [5, 5.41) is 16.1. The van der Waals surface area contributed by atoms with Crippen LogP contribution in [0.2, 0.25) is 0 Å². The quantitative estimate of drug-likeness (QED) is 0.167. The topological polar surface area (TPSA) is 47.3 Å². The predicted octanol–water partition coefficient (Wildman–Crippen LogP) is 13.6. The molecule has 0 bridgehead atoms. The second kappa shape index (κ2) is 12.3. The van der Waals surface area contributed by atoms with E-state index in [2.05, 4.69) is 120 Å². The van der Waals surface area contributed by atoms with Gasteiger partial charge in [-0.3, -0.25) is 0 Å². The highest BCUT2D eigenvalue weighted by atomic mass is 15.0. The summed E-state index contributed by atoms with van der Waals surface area (Å²) in [5.74, 6) is 0. The van der Waals surface area contributed by atoms with E-state index < -0.39 is 0 Å². The Balaban J connectivity index is 1.12. The van der Waals surface area contributed by atoms with Crippen LogP contribution in [-0.2, 0) is 0 Å². The number of nitriles is 1. The molecule has 3 heterocycles. The Morgan fingerprint density at radius 1 is 0.421 bits per heavy atom. The van der Waals surface area contributed by atoms with Gasteiger partial charge in [-0.15, -0.1) is 0 Å². The SMILES string of the molecule is [C-]#[N+]c1ccc2c(c1)c1cc(-n3c4ccccc4c4cc(C#N)ccc43)ccc1n2-c1ccccc1-c1ccc(-n2c3ccccc3c3ccccc32)c([N+]#[C-])c1. The van der Waals surface area contributed by atoms with Crippen molar-refractivity contribution < 1.29 is 0 Å². The molecule has 0 aliphatic carbocycles. The Morgan fingerprint density at radius 2 is 0.965 bits per heavy atom. The molecule has 0 amide bonds. The number of rotatable bonds is 4. The van der Waals surface area contributed by atoms with Gasteiger partial charge >= 0.3 is 0 Å². The number of aromatic nitrogens is 3. The minimum absolute atomic E-state index is 0.565. The maximum absolute atomic E-state index is 9.70. The van der Waals surface area contributed by atoms with Crippen molar-refractivity contribution in [3.05, 3.63) is 198 Å². The van der Waals surface area contributed by atoms with Gasteiger partial charge in [-0.05, 0) is 95.9 Å². The Hall–Kier alpha value is -8.37. The molecule has 0 spiro atoms. The third-order valence-electron chi connectivity index (χ3n) is 11.3. The van der Waals surface area contributed by atoms with E-state index >= 15 is 0 Å². The summed E-state index contributed by atoms with van der Waals surface area (Å²) >= 11 is 0. The summed E-state index contributed by atoms with van der Waals surface area (Å²) in [6.45, 7) is 16.3. The average Bonchev–Trinajstić information content (AvgIpc) is 3.91. The van der Waals surface area contributed by atoms with Crippen LogP contribution in [-0.4, -0.2) is 13.7 Å². The minimum atomic E-state index is 0.565. The van der Waals surface area contributed by atoms with Crippen molar-refractivity contribution in [1.82, 2.24) is 13.7 Å². The summed E-state index contributed by atoms with van der Waals surface area (Å²) < 4.78 is 6.74. The molecular weight excluding hydrogens is 697 g/mol. The number of hydrogen-bond acceptors (Lipinski definition) is 1. The summed E-state index contributed by atoms with van der Waals surface area (Å²) in [5.41, 5.74) is 12.7. The molecule has 6 nitrogen and oxygen atoms in total. The summed E-state index contributed by atoms with van der Waals surface area (Å²) in [4.78, 5) is 7.91. The average molecular weight is 725 g/mol. The van der Waals surface area contributed by atoms with E-state index in [1.807, 2.05) is 78.9 Å². The maximum Gasteiger partial charge on any atom is 0.211 e. The zero-order chi connectivity index (χ0) is 38.2. The van der Waals surface area contributed by atoms with Gasteiger partial charge in [0.15, 0.2) is 5.69 Å². The van der Waals surface area contributed by atoms with Gasteiger partial charge in [-0.25, -0.2) is 9.69 Å². The molecule has 6 heteroatoms. The van der Waals surface area contributed by atoms with Crippen LogP contribution < -0.4 is 0 Å². The van der Waals surface area contributed by atoms with Crippen molar-refractivity contribution in [3.8, 4) is 34.3 Å². The van der Waals surface area contributed by atoms with Crippen LogP contribution in [0.25, 0.3) is 103 Å². The molecular formula is C51H28N6. The fourth-order valence-electron chi connectivity index (χ4n) is 8.85. The summed E-state index contributed by atoms with van der Waals surface area (Å²) in [6, 6.07) is 60.2. The van der Waals surface area contributed by atoms with Gasteiger partial charge in [0.05, 0.1) is 69.3 Å². The lowest BCUT2D eigenvalue weighted by atomic mass is 10.0. The Kier molecular flexibility index (Phi) is 6.95. The fraction of sp³-hybridized carbons (Fsp3) is 0. The second-order valence-electron chi connectivity index (χ2n) is 14.2. The Labute approximate surface area is 327 Å². The molecule has 0 aliphatic heterocycles. The van der Waals surface area contributed by atoms with Crippen LogP contribution >= 0.6 is 0 Å². The van der Waals surface area contributed by atoms with Crippen LogP contribution in [0.5, 0.6) is 0 Å². The van der Waals surface area contributed by atoms with E-state index in [1.165, 1.54) is 0 Å². The molecule has 11 rings (SSSR count). The molecule has 0 aliphatic rings. The fourth-order valence-corrected chi connectivity index (χ4v) is 8.85.